The van der Waals surface area contributed by atoms with Gasteiger partial charge in [-0.3, -0.25) is 4.79 Å². The van der Waals surface area contributed by atoms with Gasteiger partial charge in [0.25, 0.3) is 0 Å². The van der Waals surface area contributed by atoms with E-state index in [2.05, 4.69) is 24.3 Å². The summed E-state index contributed by atoms with van der Waals surface area (Å²) < 4.78 is 10.3. The Hall–Kier alpha value is -2.14. The first kappa shape index (κ1) is 16.2. The zero-order chi connectivity index (χ0) is 15.9. The summed E-state index contributed by atoms with van der Waals surface area (Å²) in [7, 11) is 3.15. The first-order chi connectivity index (χ1) is 10.6. The molecule has 4 nitrogen and oxygen atoms in total. The van der Waals surface area contributed by atoms with Crippen molar-refractivity contribution in [1.29, 1.82) is 0 Å². The Labute approximate surface area is 134 Å². The maximum atomic E-state index is 10.4. The Morgan fingerprint density at radius 1 is 1.00 bits per heavy atom. The van der Waals surface area contributed by atoms with Gasteiger partial charge in [-0.1, -0.05) is 24.3 Å². The minimum absolute atomic E-state index is 0.152. The second kappa shape index (κ2) is 7.75. The molecule has 0 heterocycles. The Bertz CT molecular complexity index is 617. The maximum Gasteiger partial charge on any atom is 0.304 e. The molecule has 116 valence electrons. The number of hydrogen-bond acceptors (Lipinski definition) is 4. The first-order valence-electron chi connectivity index (χ1n) is 6.81. The molecule has 0 fully saturated rings. The maximum absolute atomic E-state index is 10.4. The quantitative estimate of drug-likeness (QED) is 0.698. The van der Waals surface area contributed by atoms with Crippen LogP contribution in [0.5, 0.6) is 11.5 Å². The predicted octanol–water partition coefficient (Wildman–Crippen LogP) is 3.94. The zero-order valence-electron chi connectivity index (χ0n) is 12.5. The molecule has 2 aliphatic carbocycles. The van der Waals surface area contributed by atoms with Crippen molar-refractivity contribution in [2.45, 2.75) is 11.3 Å². The molecule has 0 amide bonds. The third-order valence-corrected chi connectivity index (χ3v) is 4.15. The minimum Gasteiger partial charge on any atom is -0.493 e. The third-order valence-electron chi connectivity index (χ3n) is 3.16. The van der Waals surface area contributed by atoms with Crippen molar-refractivity contribution in [1.82, 2.24) is 0 Å². The van der Waals surface area contributed by atoms with Gasteiger partial charge in [0.05, 0.1) is 20.6 Å². The van der Waals surface area contributed by atoms with Gasteiger partial charge in [-0.25, -0.2) is 0 Å². The summed E-state index contributed by atoms with van der Waals surface area (Å²) in [4.78, 5) is 11.3. The number of rotatable bonds is 6. The minimum atomic E-state index is -0.784. The van der Waals surface area contributed by atoms with Crippen molar-refractivity contribution >= 4 is 17.7 Å². The van der Waals surface area contributed by atoms with E-state index in [1.807, 2.05) is 18.2 Å². The first-order valence-corrected chi connectivity index (χ1v) is 7.79. The Morgan fingerprint density at radius 3 is 2.00 bits per heavy atom. The Kier molecular flexibility index (Phi) is 5.72. The predicted molar refractivity (Wildman–Crippen MR) is 88.0 cm³/mol. The number of carboxylic acids is 1. The van der Waals surface area contributed by atoms with E-state index < -0.39 is 5.97 Å². The molecule has 0 bridgehead atoms. The van der Waals surface area contributed by atoms with Gasteiger partial charge in [0.2, 0.25) is 0 Å². The number of ether oxygens (including phenoxy) is 2. The van der Waals surface area contributed by atoms with E-state index in [4.69, 9.17) is 14.6 Å². The van der Waals surface area contributed by atoms with Crippen molar-refractivity contribution in [3.05, 3.63) is 42.5 Å². The summed E-state index contributed by atoms with van der Waals surface area (Å²) in [6.45, 7) is 0. The second-order valence-corrected chi connectivity index (χ2v) is 5.75. The van der Waals surface area contributed by atoms with Crippen LogP contribution in [0.25, 0.3) is 11.1 Å². The fourth-order valence-corrected chi connectivity index (χ4v) is 2.69. The molecule has 1 N–H and O–H groups in total. The molecule has 0 spiro atoms. The fourth-order valence-electron chi connectivity index (χ4n) is 1.83. The lowest BCUT2D eigenvalue weighted by Gasteiger charge is -2.10. The number of benzene rings is 2. The van der Waals surface area contributed by atoms with Crippen LogP contribution >= 0.6 is 11.8 Å². The smallest absolute Gasteiger partial charge is 0.304 e. The number of aliphatic carboxylic acids is 1. The van der Waals surface area contributed by atoms with Crippen LogP contribution in [0.3, 0.4) is 0 Å². The van der Waals surface area contributed by atoms with Crippen LogP contribution in [0.4, 0.5) is 0 Å². The van der Waals surface area contributed by atoms with E-state index in [9.17, 15) is 4.79 Å². The van der Waals surface area contributed by atoms with Crippen molar-refractivity contribution in [2.24, 2.45) is 0 Å². The van der Waals surface area contributed by atoms with E-state index in [0.29, 0.717) is 17.3 Å². The van der Waals surface area contributed by atoms with Gasteiger partial charge in [0.1, 0.15) is 0 Å². The fraction of sp³-hybridized carbons (Fsp3) is 0.235. The molecule has 0 saturated carbocycles. The highest BCUT2D eigenvalue weighted by Gasteiger charge is 2.05. The standard InChI is InChI=1S/C11H14O4S.C6H4/c1-14-9-4-3-8(7-10(9)15-2)16-6-5-11(12)13;1-2-6-4-3-5(1)6/h3-4,7H,5-6H2,1-2H3,(H,12,13);1-4H. The molecule has 0 radical (unpaired) electrons. The van der Waals surface area contributed by atoms with Gasteiger partial charge in [-0.2, -0.15) is 0 Å². The van der Waals surface area contributed by atoms with Gasteiger partial charge in [-0.05, 0) is 29.3 Å². The number of thioether (sulfide) groups is 1. The number of fused-ring (bicyclic) bond motifs is 1. The molecule has 0 aromatic heterocycles. The molecule has 1 aromatic carbocycles. The highest BCUT2D eigenvalue weighted by atomic mass is 32.2. The normalized spacial score (nSPS) is 10.3. The molecular weight excluding hydrogens is 300 g/mol. The van der Waals surface area contributed by atoms with Crippen LogP contribution in [0.1, 0.15) is 6.42 Å². The van der Waals surface area contributed by atoms with Crippen LogP contribution in [0.15, 0.2) is 47.4 Å². The molecule has 22 heavy (non-hydrogen) atoms. The average Bonchev–Trinajstić information content (AvgIpc) is 2.50. The number of carboxylic acid groups (broad SMARTS) is 1. The molecule has 0 aliphatic heterocycles. The Morgan fingerprint density at radius 2 is 1.59 bits per heavy atom. The van der Waals surface area contributed by atoms with E-state index in [0.717, 1.165) is 4.90 Å². The van der Waals surface area contributed by atoms with E-state index >= 15 is 0 Å². The summed E-state index contributed by atoms with van der Waals surface area (Å²) in [5.74, 6) is 1.09. The lowest BCUT2D eigenvalue weighted by atomic mass is 9.95. The van der Waals surface area contributed by atoms with Crippen molar-refractivity contribution in [3.63, 3.8) is 0 Å². The van der Waals surface area contributed by atoms with Crippen LogP contribution in [0, 0.1) is 0 Å². The summed E-state index contributed by atoms with van der Waals surface area (Å²) in [5, 5.41) is 8.52. The Balaban J connectivity index is 0.000000238. The number of hydrogen-bond donors (Lipinski definition) is 1. The number of methoxy groups -OCH3 is 2. The summed E-state index contributed by atoms with van der Waals surface area (Å²) in [5.41, 5.74) is 2.85. The molecule has 3 rings (SSSR count). The van der Waals surface area contributed by atoms with Gasteiger partial charge in [-0.15, -0.1) is 11.8 Å². The second-order valence-electron chi connectivity index (χ2n) is 4.59. The van der Waals surface area contributed by atoms with Crippen molar-refractivity contribution in [3.8, 4) is 22.6 Å². The molecule has 2 aliphatic rings. The molecule has 5 heteroatoms. The van der Waals surface area contributed by atoms with E-state index in [-0.39, 0.29) is 6.42 Å². The van der Waals surface area contributed by atoms with Crippen molar-refractivity contribution in [2.75, 3.05) is 20.0 Å². The zero-order valence-corrected chi connectivity index (χ0v) is 13.4. The van der Waals surface area contributed by atoms with Gasteiger partial charge >= 0.3 is 5.97 Å². The van der Waals surface area contributed by atoms with E-state index in [1.165, 1.54) is 22.9 Å². The summed E-state index contributed by atoms with van der Waals surface area (Å²) >= 11 is 1.48. The highest BCUT2D eigenvalue weighted by Crippen LogP contribution is 2.32. The van der Waals surface area contributed by atoms with Crippen molar-refractivity contribution < 1.29 is 19.4 Å². The van der Waals surface area contributed by atoms with Gasteiger partial charge in [0.15, 0.2) is 11.5 Å². The van der Waals surface area contributed by atoms with Gasteiger partial charge in [0, 0.05) is 10.6 Å². The molecule has 0 atom stereocenters. The monoisotopic (exact) mass is 318 g/mol. The summed E-state index contributed by atoms with van der Waals surface area (Å²) in [6, 6.07) is 14.0. The summed E-state index contributed by atoms with van der Waals surface area (Å²) in [6.07, 6.45) is 0.152. The van der Waals surface area contributed by atoms with Crippen LogP contribution < -0.4 is 9.47 Å². The average molecular weight is 318 g/mol. The van der Waals surface area contributed by atoms with E-state index in [1.54, 1.807) is 14.2 Å². The molecular formula is C17H18O4S. The lowest BCUT2D eigenvalue weighted by molar-refractivity contribution is -0.136. The van der Waals surface area contributed by atoms with Crippen LogP contribution in [-0.2, 0) is 4.79 Å². The third kappa shape index (κ3) is 4.18. The molecule has 1 aromatic rings. The SMILES string of the molecule is COc1ccc(SCCC(=O)O)cc1OC.c1cc2ccc1-2. The van der Waals surface area contributed by atoms with Crippen LogP contribution in [0.2, 0.25) is 0 Å². The molecule has 0 unspecified atom stereocenters. The molecule has 0 saturated heterocycles. The van der Waals surface area contributed by atoms with Crippen LogP contribution in [-0.4, -0.2) is 31.0 Å². The van der Waals surface area contributed by atoms with Gasteiger partial charge < -0.3 is 14.6 Å². The topological polar surface area (TPSA) is 55.8 Å². The highest BCUT2D eigenvalue weighted by molar-refractivity contribution is 7.99. The number of carbonyl (C=O) groups is 1. The largest absolute Gasteiger partial charge is 0.493 e. The lowest BCUT2D eigenvalue weighted by Crippen LogP contribution is -1.96.